The average Bonchev–Trinajstić information content (AvgIpc) is 3.36. The van der Waals surface area contributed by atoms with E-state index in [1.165, 1.54) is 6.20 Å². The summed E-state index contributed by atoms with van der Waals surface area (Å²) in [5.41, 5.74) is 8.31. The number of hydrogen-bond acceptors (Lipinski definition) is 5. The molecule has 0 atom stereocenters. The molecule has 0 radical (unpaired) electrons. The van der Waals surface area contributed by atoms with Crippen LogP contribution in [0.25, 0.3) is 11.0 Å². The highest BCUT2D eigenvalue weighted by atomic mass is 35.5. The number of piperidine rings is 1. The predicted octanol–water partition coefficient (Wildman–Crippen LogP) is 4.50. The van der Waals surface area contributed by atoms with E-state index in [2.05, 4.69) is 9.97 Å². The first-order valence-corrected chi connectivity index (χ1v) is 12.9. The Morgan fingerprint density at radius 2 is 1.76 bits per heavy atom. The Labute approximate surface area is 226 Å². The van der Waals surface area contributed by atoms with Crippen molar-refractivity contribution >= 4 is 34.4 Å². The lowest BCUT2D eigenvalue weighted by atomic mass is 10.1. The number of aliphatic hydroxyl groups excluding tert-OH is 1. The van der Waals surface area contributed by atoms with Crippen LogP contribution in [0.2, 0.25) is 5.02 Å². The topological polar surface area (TPSA) is 122 Å². The van der Waals surface area contributed by atoms with Gasteiger partial charge in [0.25, 0.3) is 5.91 Å². The number of carbonyl (C=O) groups is 2. The van der Waals surface area contributed by atoms with Crippen LogP contribution >= 0.6 is 11.6 Å². The third-order valence-electron chi connectivity index (χ3n) is 6.32. The van der Waals surface area contributed by atoms with Gasteiger partial charge in [0, 0.05) is 31.1 Å². The van der Waals surface area contributed by atoms with Gasteiger partial charge in [0.2, 0.25) is 5.91 Å². The van der Waals surface area contributed by atoms with Crippen molar-refractivity contribution in [3.8, 4) is 5.75 Å². The number of nitrogens with zero attached hydrogens (tertiary/aromatic N) is 2. The van der Waals surface area contributed by atoms with Crippen LogP contribution in [0.3, 0.4) is 0 Å². The fraction of sp³-hybridized carbons (Fsp3) is 0.276. The lowest BCUT2D eigenvalue weighted by Crippen LogP contribution is -2.40. The van der Waals surface area contributed by atoms with E-state index in [1.54, 1.807) is 12.1 Å². The fourth-order valence-electron chi connectivity index (χ4n) is 4.14. The number of amides is 2. The second-order valence-corrected chi connectivity index (χ2v) is 9.61. The van der Waals surface area contributed by atoms with Gasteiger partial charge in [0.05, 0.1) is 11.1 Å². The maximum absolute atomic E-state index is 12.2. The van der Waals surface area contributed by atoms with Gasteiger partial charge in [-0.1, -0.05) is 54.1 Å². The van der Waals surface area contributed by atoms with Gasteiger partial charge in [-0.15, -0.1) is 0 Å². The van der Waals surface area contributed by atoms with Crippen molar-refractivity contribution in [3.05, 3.63) is 94.8 Å². The summed E-state index contributed by atoms with van der Waals surface area (Å²) >= 11 is 5.71. The number of H-pyrrole nitrogens is 1. The first kappa shape index (κ1) is 27.2. The van der Waals surface area contributed by atoms with Gasteiger partial charge in [-0.2, -0.15) is 0 Å². The second-order valence-electron chi connectivity index (χ2n) is 9.17. The number of aryl methyl sites for hydroxylation is 1. The number of pyridine rings is 1. The molecule has 2 aromatic heterocycles. The summed E-state index contributed by atoms with van der Waals surface area (Å²) in [4.78, 5) is 31.6. The molecule has 0 spiro atoms. The molecule has 9 heteroatoms. The molecule has 1 aliphatic heterocycles. The van der Waals surface area contributed by atoms with E-state index in [-0.39, 0.29) is 12.0 Å². The van der Waals surface area contributed by atoms with Crippen molar-refractivity contribution in [3.63, 3.8) is 0 Å². The molecule has 0 bridgehead atoms. The van der Waals surface area contributed by atoms with Crippen LogP contribution in [0.15, 0.2) is 72.9 Å². The number of hydrogen-bond donors (Lipinski definition) is 3. The summed E-state index contributed by atoms with van der Waals surface area (Å²) in [5.74, 6) is 0.509. The Bertz CT molecular complexity index is 1350. The minimum atomic E-state index is -0.505. The maximum atomic E-state index is 12.2. The molecule has 8 nitrogen and oxygen atoms in total. The number of aromatic nitrogens is 2. The van der Waals surface area contributed by atoms with Crippen LogP contribution in [-0.4, -0.2) is 51.0 Å². The van der Waals surface area contributed by atoms with Crippen LogP contribution in [0, 0.1) is 0 Å². The number of aliphatic hydroxyl groups is 1. The van der Waals surface area contributed by atoms with Crippen LogP contribution in [0.1, 0.15) is 40.9 Å². The Balaban J connectivity index is 0.000000216. The minimum absolute atomic E-state index is 0.177. The number of carbonyl (C=O) groups excluding carboxylic acids is 2. The van der Waals surface area contributed by atoms with Gasteiger partial charge in [0.1, 0.15) is 23.7 Å². The second kappa shape index (κ2) is 13.1. The van der Waals surface area contributed by atoms with Crippen molar-refractivity contribution in [2.24, 2.45) is 5.73 Å². The standard InChI is InChI=1S/C21H25NO3.C8H6ClN3O/c23-19-12-14-22(15-13-19)21(24)11-8-17-6-9-20(10-7-17)25-16-18-4-2-1-3-5-18;9-5-1-4-2-6(7(10)13)12-8(4)11-3-5/h1-7,9-10,19,23H,8,11-16H2;1-3H,(H2,10,13)(H,11,12). The molecular formula is C29H31ClN4O4. The molecule has 1 saturated heterocycles. The number of primary amides is 1. The monoisotopic (exact) mass is 534 g/mol. The van der Waals surface area contributed by atoms with Gasteiger partial charge >= 0.3 is 0 Å². The summed E-state index contributed by atoms with van der Waals surface area (Å²) in [5, 5.41) is 10.8. The highest BCUT2D eigenvalue weighted by Gasteiger charge is 2.20. The Hall–Kier alpha value is -3.88. The molecule has 5 rings (SSSR count). The minimum Gasteiger partial charge on any atom is -0.489 e. The Morgan fingerprint density at radius 1 is 1.05 bits per heavy atom. The van der Waals surface area contributed by atoms with Crippen molar-refractivity contribution < 1.29 is 19.4 Å². The lowest BCUT2D eigenvalue weighted by Gasteiger charge is -2.29. The first-order chi connectivity index (χ1) is 18.4. The molecule has 198 valence electrons. The van der Waals surface area contributed by atoms with E-state index in [1.807, 2.05) is 59.5 Å². The van der Waals surface area contributed by atoms with E-state index in [0.29, 0.717) is 55.3 Å². The number of benzene rings is 2. The van der Waals surface area contributed by atoms with Gasteiger partial charge in [-0.05, 0) is 54.7 Å². The molecule has 3 heterocycles. The molecule has 2 aromatic carbocycles. The summed E-state index contributed by atoms with van der Waals surface area (Å²) in [6, 6.07) is 21.4. The average molecular weight is 535 g/mol. The SMILES string of the molecule is NC(=O)c1cc2cc(Cl)cnc2[nH]1.O=C(CCc1ccc(OCc2ccccc2)cc1)N1CCC(O)CC1. The zero-order valence-electron chi connectivity index (χ0n) is 21.0. The molecule has 1 aliphatic rings. The van der Waals surface area contributed by atoms with E-state index < -0.39 is 5.91 Å². The summed E-state index contributed by atoms with van der Waals surface area (Å²) < 4.78 is 5.78. The van der Waals surface area contributed by atoms with Gasteiger partial charge in [0.15, 0.2) is 0 Å². The van der Waals surface area contributed by atoms with Crippen LogP contribution in [0.5, 0.6) is 5.75 Å². The highest BCUT2D eigenvalue weighted by Crippen LogP contribution is 2.18. The van der Waals surface area contributed by atoms with E-state index in [0.717, 1.165) is 28.7 Å². The molecule has 38 heavy (non-hydrogen) atoms. The number of halogens is 1. The number of nitrogens with one attached hydrogen (secondary N) is 1. The zero-order valence-corrected chi connectivity index (χ0v) is 21.7. The van der Waals surface area contributed by atoms with Crippen LogP contribution < -0.4 is 10.5 Å². The van der Waals surface area contributed by atoms with Crippen molar-refractivity contribution in [2.45, 2.75) is 38.4 Å². The van der Waals surface area contributed by atoms with E-state index >= 15 is 0 Å². The zero-order chi connectivity index (χ0) is 26.9. The summed E-state index contributed by atoms with van der Waals surface area (Å²) in [7, 11) is 0. The summed E-state index contributed by atoms with van der Waals surface area (Å²) in [6.45, 7) is 1.90. The molecule has 4 aromatic rings. The molecular weight excluding hydrogens is 504 g/mol. The number of nitrogens with two attached hydrogens (primary N) is 1. The quantitative estimate of drug-likeness (QED) is 0.322. The number of ether oxygens (including phenoxy) is 1. The third-order valence-corrected chi connectivity index (χ3v) is 6.53. The van der Waals surface area contributed by atoms with Crippen molar-refractivity contribution in [1.29, 1.82) is 0 Å². The number of fused-ring (bicyclic) bond motifs is 1. The molecule has 2 amide bonds. The molecule has 1 fully saturated rings. The third kappa shape index (κ3) is 7.81. The number of aromatic amines is 1. The molecule has 0 saturated carbocycles. The molecule has 0 aliphatic carbocycles. The maximum Gasteiger partial charge on any atom is 0.265 e. The lowest BCUT2D eigenvalue weighted by molar-refractivity contribution is -0.133. The molecule has 4 N–H and O–H groups in total. The van der Waals surface area contributed by atoms with Crippen molar-refractivity contribution in [1.82, 2.24) is 14.9 Å². The van der Waals surface area contributed by atoms with Gasteiger partial charge in [-0.3, -0.25) is 9.59 Å². The Kier molecular flexibility index (Phi) is 9.35. The normalized spacial score (nSPS) is 13.6. The number of rotatable bonds is 7. The highest BCUT2D eigenvalue weighted by molar-refractivity contribution is 6.31. The van der Waals surface area contributed by atoms with E-state index in [9.17, 15) is 14.7 Å². The van der Waals surface area contributed by atoms with Crippen LogP contribution in [-0.2, 0) is 17.8 Å². The van der Waals surface area contributed by atoms with Crippen molar-refractivity contribution in [2.75, 3.05) is 13.1 Å². The predicted molar refractivity (Wildman–Crippen MR) is 147 cm³/mol. The molecule has 0 unspecified atom stereocenters. The summed E-state index contributed by atoms with van der Waals surface area (Å²) in [6.07, 6.45) is 3.90. The smallest absolute Gasteiger partial charge is 0.265 e. The van der Waals surface area contributed by atoms with Gasteiger partial charge in [-0.25, -0.2) is 4.98 Å². The van der Waals surface area contributed by atoms with Gasteiger partial charge < -0.3 is 25.5 Å². The number of likely N-dealkylation sites (tertiary alicyclic amines) is 1. The van der Waals surface area contributed by atoms with E-state index in [4.69, 9.17) is 22.1 Å². The first-order valence-electron chi connectivity index (χ1n) is 12.5. The fourth-order valence-corrected chi connectivity index (χ4v) is 4.31. The largest absolute Gasteiger partial charge is 0.489 e. The van der Waals surface area contributed by atoms with Crippen LogP contribution in [0.4, 0.5) is 0 Å². The Morgan fingerprint density at radius 3 is 2.45 bits per heavy atom.